The third-order valence-corrected chi connectivity index (χ3v) is 9.75. The molecule has 0 aromatic rings. The van der Waals surface area contributed by atoms with E-state index in [0.29, 0.717) is 0 Å². The third kappa shape index (κ3) is 9.87. The maximum Gasteiger partial charge on any atom is 0.252 e. The summed E-state index contributed by atoms with van der Waals surface area (Å²) in [6.45, 7) is -1.45. The molecule has 0 aromatic heterocycles. The smallest absolute Gasteiger partial charge is 0.252 e. The van der Waals surface area contributed by atoms with Gasteiger partial charge in [0.2, 0.25) is 0 Å². The number of hydrogen-bond donors (Lipinski definition) is 15. The van der Waals surface area contributed by atoms with E-state index < -0.39 is 142 Å². The van der Waals surface area contributed by atoms with Gasteiger partial charge in [0.05, 0.1) is 43.5 Å². The number of nitrogens with one attached hydrogen (secondary N) is 2. The lowest BCUT2D eigenvalue weighted by atomic mass is 9.83. The molecule has 23 heteroatoms. The summed E-state index contributed by atoms with van der Waals surface area (Å²) in [4.78, 5) is 12.7. The van der Waals surface area contributed by atoms with Gasteiger partial charge in [-0.15, -0.1) is 0 Å². The highest BCUT2D eigenvalue weighted by Gasteiger charge is 2.54. The predicted molar refractivity (Wildman–Crippen MR) is 172 cm³/mol. The van der Waals surface area contributed by atoms with E-state index >= 15 is 0 Å². The second-order valence-electron chi connectivity index (χ2n) is 13.5. The topological polar surface area (TPSA) is 388 Å². The Hall–Kier alpha value is -1.40. The Kier molecular flexibility index (Phi) is 16.2. The van der Waals surface area contributed by atoms with E-state index in [9.17, 15) is 44.9 Å². The Balaban J connectivity index is 1.56. The number of ether oxygens (including phenoxy) is 6. The van der Waals surface area contributed by atoms with Gasteiger partial charge in [-0.2, -0.15) is 0 Å². The number of nitrogens with two attached hydrogens (primary N) is 5. The molecule has 4 fully saturated rings. The highest BCUT2D eigenvalue weighted by atomic mass is 19.1. The molecule has 4 rings (SSSR count). The van der Waals surface area contributed by atoms with Crippen LogP contribution in [0.3, 0.4) is 0 Å². The van der Waals surface area contributed by atoms with Crippen molar-refractivity contribution in [3.8, 4) is 0 Å². The number of amides is 1. The molecule has 3 heterocycles. The molecule has 0 aromatic carbocycles. The highest BCUT2D eigenvalue weighted by molar-refractivity contribution is 5.81. The van der Waals surface area contributed by atoms with Crippen LogP contribution in [0.25, 0.3) is 0 Å². The number of carbonyl (C=O) groups excluding carboxylic acids is 1. The number of aliphatic hydroxyl groups excluding tert-OH is 8. The van der Waals surface area contributed by atoms with Crippen molar-refractivity contribution in [2.24, 2.45) is 28.7 Å². The second-order valence-corrected chi connectivity index (χ2v) is 13.5. The highest BCUT2D eigenvalue weighted by Crippen LogP contribution is 2.34. The number of hydrogen-bond acceptors (Lipinski definition) is 21. The zero-order valence-electron chi connectivity index (χ0n) is 28.4. The Morgan fingerprint density at radius 2 is 1.42 bits per heavy atom. The van der Waals surface area contributed by atoms with Crippen LogP contribution in [-0.4, -0.2) is 209 Å². The van der Waals surface area contributed by atoms with Crippen molar-refractivity contribution in [3.05, 3.63) is 0 Å². The van der Waals surface area contributed by atoms with Gasteiger partial charge in [0.25, 0.3) is 5.91 Å². The minimum Gasteiger partial charge on any atom is -0.395 e. The summed E-state index contributed by atoms with van der Waals surface area (Å²) < 4.78 is 49.4. The third-order valence-electron chi connectivity index (χ3n) is 9.75. The Morgan fingerprint density at radius 1 is 0.788 bits per heavy atom. The SMILES string of the molecule is NCC(F)C(O)C(=O)NC1CC(N)C(OC2OC(CNCCO)C(O)CC2N)C(OC2OC(CO)C(OC3OC(CN)C(O)C(O)C3N)C2O)C1O. The first-order valence-corrected chi connectivity index (χ1v) is 17.2. The van der Waals surface area contributed by atoms with E-state index in [1.54, 1.807) is 0 Å². The molecule has 3 saturated heterocycles. The average Bonchev–Trinajstić information content (AvgIpc) is 3.42. The molecular weight excluding hydrogens is 705 g/mol. The fourth-order valence-corrected chi connectivity index (χ4v) is 6.69. The fourth-order valence-electron chi connectivity index (χ4n) is 6.69. The molecule has 0 radical (unpaired) electrons. The Bertz CT molecular complexity index is 1110. The van der Waals surface area contributed by atoms with Crippen LogP contribution in [0.5, 0.6) is 0 Å². The molecular formula is C29H56FN7O15. The van der Waals surface area contributed by atoms with Crippen molar-refractivity contribution in [2.45, 2.75) is 135 Å². The van der Waals surface area contributed by atoms with Crippen LogP contribution in [0.2, 0.25) is 0 Å². The molecule has 4 aliphatic rings. The monoisotopic (exact) mass is 761 g/mol. The first-order valence-electron chi connectivity index (χ1n) is 17.2. The summed E-state index contributed by atoms with van der Waals surface area (Å²) >= 11 is 0. The van der Waals surface area contributed by atoms with E-state index in [2.05, 4.69) is 10.6 Å². The van der Waals surface area contributed by atoms with Crippen molar-refractivity contribution in [1.29, 1.82) is 0 Å². The normalized spacial score (nSPS) is 45.4. The van der Waals surface area contributed by atoms with Crippen molar-refractivity contribution >= 4 is 5.91 Å². The zero-order valence-corrected chi connectivity index (χ0v) is 28.4. The van der Waals surface area contributed by atoms with Gasteiger partial charge in [0.15, 0.2) is 25.0 Å². The van der Waals surface area contributed by atoms with Gasteiger partial charge in [-0.3, -0.25) is 4.79 Å². The predicted octanol–water partition coefficient (Wildman–Crippen LogP) is -9.43. The van der Waals surface area contributed by atoms with Gasteiger partial charge >= 0.3 is 0 Å². The summed E-state index contributed by atoms with van der Waals surface area (Å²) in [7, 11) is 0. The van der Waals surface area contributed by atoms with Crippen molar-refractivity contribution in [1.82, 2.24) is 10.6 Å². The van der Waals surface area contributed by atoms with Crippen LogP contribution in [0, 0.1) is 0 Å². The molecule has 52 heavy (non-hydrogen) atoms. The van der Waals surface area contributed by atoms with Crippen LogP contribution in [0.15, 0.2) is 0 Å². The molecule has 3 aliphatic heterocycles. The Labute approximate surface area is 298 Å². The quantitative estimate of drug-likeness (QED) is 0.0649. The molecule has 0 bridgehead atoms. The molecule has 0 spiro atoms. The molecule has 1 aliphatic carbocycles. The van der Waals surface area contributed by atoms with Crippen molar-refractivity contribution in [2.75, 3.05) is 39.4 Å². The van der Waals surface area contributed by atoms with Crippen LogP contribution in [0.1, 0.15) is 12.8 Å². The molecule has 1 amide bonds. The zero-order chi connectivity index (χ0) is 38.4. The lowest BCUT2D eigenvalue weighted by molar-refractivity contribution is -0.296. The summed E-state index contributed by atoms with van der Waals surface area (Å²) in [5, 5.41) is 88.6. The first kappa shape index (κ1) is 43.3. The maximum absolute atomic E-state index is 14.0. The number of alkyl halides is 1. The van der Waals surface area contributed by atoms with Gasteiger partial charge in [-0.05, 0) is 12.8 Å². The summed E-state index contributed by atoms with van der Waals surface area (Å²) in [5.41, 5.74) is 29.6. The maximum atomic E-state index is 14.0. The fraction of sp³-hybridized carbons (Fsp3) is 0.966. The van der Waals surface area contributed by atoms with Crippen LogP contribution in [-0.2, 0) is 33.2 Å². The van der Waals surface area contributed by atoms with Gasteiger partial charge in [0.1, 0.15) is 61.1 Å². The van der Waals surface area contributed by atoms with Crippen molar-refractivity contribution in [3.63, 3.8) is 0 Å². The van der Waals surface area contributed by atoms with E-state index in [4.69, 9.17) is 62.2 Å². The second kappa shape index (κ2) is 19.5. The minimum atomic E-state index is -2.17. The largest absolute Gasteiger partial charge is 0.395 e. The van der Waals surface area contributed by atoms with E-state index in [1.807, 2.05) is 0 Å². The van der Waals surface area contributed by atoms with Gasteiger partial charge in [-0.25, -0.2) is 4.39 Å². The summed E-state index contributed by atoms with van der Waals surface area (Å²) in [5.74, 6) is -1.20. The molecule has 20 N–H and O–H groups in total. The van der Waals surface area contributed by atoms with E-state index in [1.165, 1.54) is 0 Å². The van der Waals surface area contributed by atoms with Gasteiger partial charge in [-0.1, -0.05) is 0 Å². The number of halogens is 1. The molecule has 20 unspecified atom stereocenters. The molecule has 20 atom stereocenters. The minimum absolute atomic E-state index is 0.0258. The number of aliphatic hydroxyl groups is 8. The van der Waals surface area contributed by atoms with E-state index in [-0.39, 0.29) is 39.1 Å². The number of carbonyl (C=O) groups is 1. The Morgan fingerprint density at radius 3 is 2.06 bits per heavy atom. The average molecular weight is 762 g/mol. The van der Waals surface area contributed by atoms with Crippen LogP contribution < -0.4 is 39.3 Å². The van der Waals surface area contributed by atoms with Crippen LogP contribution in [0.4, 0.5) is 4.39 Å². The summed E-state index contributed by atoms with van der Waals surface area (Å²) in [6, 6.07) is -4.59. The van der Waals surface area contributed by atoms with Gasteiger partial charge in [0, 0.05) is 32.2 Å². The lowest BCUT2D eigenvalue weighted by Crippen LogP contribution is -2.67. The standard InChI is InChI=1S/C29H56FN7O15/c30-9(5-31)18(41)26(46)37-12-3-10(33)23(50-27-11(34)4-13(40)15(48-27)7-36-1-2-38)25(19(12)42)52-29-22(45)24(16(8-39)49-29)51-28-17(35)21(44)20(43)14(6-32)47-28/h9-25,27-29,36,38-45H,1-8,31-35H2,(H,37,46). The number of rotatable bonds is 16. The van der Waals surface area contributed by atoms with Crippen molar-refractivity contribution < 1.29 is 78.5 Å². The molecule has 22 nitrogen and oxygen atoms in total. The van der Waals surface area contributed by atoms with Crippen LogP contribution >= 0.6 is 0 Å². The molecule has 304 valence electrons. The van der Waals surface area contributed by atoms with E-state index in [0.717, 1.165) is 0 Å². The molecule has 1 saturated carbocycles. The summed E-state index contributed by atoms with van der Waals surface area (Å²) in [6.07, 6.45) is -23.8. The lowest BCUT2D eigenvalue weighted by Gasteiger charge is -2.47. The first-order chi connectivity index (χ1) is 24.7. The van der Waals surface area contributed by atoms with Gasteiger partial charge < -0.3 is 109 Å².